The van der Waals surface area contributed by atoms with Crippen molar-refractivity contribution in [2.24, 2.45) is 17.3 Å². The van der Waals surface area contributed by atoms with E-state index in [1.807, 2.05) is 19.9 Å². The lowest BCUT2D eigenvalue weighted by Gasteiger charge is -2.44. The van der Waals surface area contributed by atoms with Crippen molar-refractivity contribution < 1.29 is 29.6 Å². The number of hydrogen-bond acceptors (Lipinski definition) is 5. The Hall–Kier alpha value is -0.790. The van der Waals surface area contributed by atoms with Gasteiger partial charge in [0.25, 0.3) is 0 Å². The van der Waals surface area contributed by atoms with Crippen molar-refractivity contribution in [1.29, 1.82) is 0 Å². The molecule has 0 aliphatic heterocycles. The van der Waals surface area contributed by atoms with Gasteiger partial charge in [-0.2, -0.15) is 0 Å². The molecule has 3 unspecified atom stereocenters. The van der Waals surface area contributed by atoms with Crippen LogP contribution in [0.5, 0.6) is 0 Å². The molecule has 3 aliphatic carbocycles. The Bertz CT molecular complexity index is 697. The maximum Gasteiger partial charge on any atom is 0.145 e. The van der Waals surface area contributed by atoms with Crippen LogP contribution in [0.2, 0.25) is 0 Å². The molecule has 3 fully saturated rings. The summed E-state index contributed by atoms with van der Waals surface area (Å²) in [5.41, 5.74) is -0.338. The molecule has 0 amide bonds. The first-order valence-electron chi connectivity index (χ1n) is 12.3. The predicted octanol–water partition coefficient (Wildman–Crippen LogP) is 3.84. The van der Waals surface area contributed by atoms with Crippen molar-refractivity contribution in [3.05, 3.63) is 23.3 Å². The van der Waals surface area contributed by atoms with Crippen LogP contribution in [0, 0.1) is 17.3 Å². The first-order valence-corrected chi connectivity index (χ1v) is 12.3. The van der Waals surface area contributed by atoms with Gasteiger partial charge < -0.3 is 25.2 Å². The van der Waals surface area contributed by atoms with Gasteiger partial charge in [0.2, 0.25) is 0 Å². The third-order valence-corrected chi connectivity index (χ3v) is 8.51. The second-order valence-electron chi connectivity index (χ2n) is 11.4. The lowest BCUT2D eigenvalue weighted by atomic mass is 9.62. The number of fused-ring (bicyclic) bond motifs is 1. The Labute approximate surface area is 192 Å². The minimum absolute atomic E-state index is 0.145. The maximum absolute atomic E-state index is 13.2. The summed E-state index contributed by atoms with van der Waals surface area (Å²) in [6.07, 6.45) is 8.26. The van der Waals surface area contributed by atoms with E-state index in [0.717, 1.165) is 31.3 Å². The predicted molar refractivity (Wildman–Crippen MR) is 123 cm³/mol. The molecule has 0 radical (unpaired) electrons. The van der Waals surface area contributed by atoms with Gasteiger partial charge in [0.15, 0.2) is 0 Å². The molecule has 184 valence electrons. The highest BCUT2D eigenvalue weighted by molar-refractivity contribution is 5.27. The van der Waals surface area contributed by atoms with Gasteiger partial charge in [-0.05, 0) is 89.4 Å². The molecule has 6 atom stereocenters. The summed E-state index contributed by atoms with van der Waals surface area (Å²) >= 11 is 0. The molecule has 0 bridgehead atoms. The molecular formula is C26H43FO5. The molecule has 4 N–H and O–H groups in total. The van der Waals surface area contributed by atoms with Crippen LogP contribution in [-0.4, -0.2) is 63.2 Å². The standard InChI is InChI=1S/C26H43FO5/c1-17(32-13-12-24(2,3)30)20-9-10-21-19(6-5-11-25(20,21)4)8-7-18-14-22(28)26(31,16-27)23(29)15-18/h7-8,17,20-23,28-31H,5-6,9-16H2,1-4H3/b18-7?,19-8+/t17-,20?,21?,22-,23-,25?,26?/m1/s1. The van der Waals surface area contributed by atoms with Crippen LogP contribution in [0.4, 0.5) is 4.39 Å². The van der Waals surface area contributed by atoms with Gasteiger partial charge in [0.1, 0.15) is 12.3 Å². The number of allylic oxidation sites excluding steroid dienone is 3. The van der Waals surface area contributed by atoms with Crippen molar-refractivity contribution in [2.45, 2.75) is 109 Å². The van der Waals surface area contributed by atoms with Crippen LogP contribution in [0.3, 0.4) is 0 Å². The zero-order valence-corrected chi connectivity index (χ0v) is 20.2. The number of halogens is 1. The molecule has 3 rings (SSSR count). The van der Waals surface area contributed by atoms with E-state index in [1.165, 1.54) is 12.0 Å². The molecule has 6 heteroatoms. The third-order valence-electron chi connectivity index (χ3n) is 8.51. The molecule has 32 heavy (non-hydrogen) atoms. The fraction of sp³-hybridized carbons (Fsp3) is 0.846. The summed E-state index contributed by atoms with van der Waals surface area (Å²) in [6, 6.07) is 0. The van der Waals surface area contributed by atoms with Crippen molar-refractivity contribution in [3.63, 3.8) is 0 Å². The van der Waals surface area contributed by atoms with Crippen LogP contribution >= 0.6 is 0 Å². The molecule has 0 aromatic carbocycles. The van der Waals surface area contributed by atoms with Gasteiger partial charge in [-0.3, -0.25) is 0 Å². The first kappa shape index (κ1) is 25.8. The Morgan fingerprint density at radius 2 is 1.84 bits per heavy atom. The van der Waals surface area contributed by atoms with Crippen LogP contribution in [0.15, 0.2) is 23.3 Å². The second kappa shape index (κ2) is 9.83. The third kappa shape index (κ3) is 5.30. The summed E-state index contributed by atoms with van der Waals surface area (Å²) in [5.74, 6) is 0.961. The summed E-state index contributed by atoms with van der Waals surface area (Å²) in [4.78, 5) is 0. The summed E-state index contributed by atoms with van der Waals surface area (Å²) < 4.78 is 19.3. The number of aliphatic hydroxyl groups excluding tert-OH is 2. The molecule has 3 aliphatic rings. The maximum atomic E-state index is 13.2. The Morgan fingerprint density at radius 3 is 2.44 bits per heavy atom. The highest BCUT2D eigenvalue weighted by Gasteiger charge is 2.51. The van der Waals surface area contributed by atoms with Crippen LogP contribution in [-0.2, 0) is 4.74 Å². The Balaban J connectivity index is 1.68. The van der Waals surface area contributed by atoms with E-state index in [1.54, 1.807) is 0 Å². The fourth-order valence-electron chi connectivity index (χ4n) is 6.36. The molecule has 5 nitrogen and oxygen atoms in total. The SMILES string of the molecule is C[C@@H](OCCC(C)(C)O)C1CCC2/C(=C/C=C3C[C@@H](O)C(O)(CF)[C@H](O)C3)CCCC21C. The Kier molecular flexibility index (Phi) is 7.93. The van der Waals surface area contributed by atoms with E-state index in [0.29, 0.717) is 24.9 Å². The monoisotopic (exact) mass is 454 g/mol. The zero-order chi connectivity index (χ0) is 23.7. The molecule has 3 saturated carbocycles. The van der Waals surface area contributed by atoms with Gasteiger partial charge in [-0.25, -0.2) is 4.39 Å². The lowest BCUT2D eigenvalue weighted by molar-refractivity contribution is -0.165. The van der Waals surface area contributed by atoms with E-state index >= 15 is 0 Å². The van der Waals surface area contributed by atoms with E-state index < -0.39 is 30.1 Å². The second-order valence-corrected chi connectivity index (χ2v) is 11.4. The fourth-order valence-corrected chi connectivity index (χ4v) is 6.36. The number of alkyl halides is 1. The number of ether oxygens (including phenoxy) is 1. The van der Waals surface area contributed by atoms with Crippen molar-refractivity contribution in [1.82, 2.24) is 0 Å². The average molecular weight is 455 g/mol. The first-order chi connectivity index (χ1) is 14.9. The number of aliphatic hydroxyl groups is 4. The topological polar surface area (TPSA) is 90.2 Å². The van der Waals surface area contributed by atoms with Gasteiger partial charge in [-0.1, -0.05) is 30.2 Å². The molecular weight excluding hydrogens is 411 g/mol. The van der Waals surface area contributed by atoms with Crippen LogP contribution in [0.25, 0.3) is 0 Å². The van der Waals surface area contributed by atoms with Crippen molar-refractivity contribution in [3.8, 4) is 0 Å². The van der Waals surface area contributed by atoms with Crippen LogP contribution in [0.1, 0.15) is 79.1 Å². The van der Waals surface area contributed by atoms with Gasteiger partial charge in [0, 0.05) is 6.61 Å². The molecule has 0 saturated heterocycles. The molecule has 0 aromatic rings. The van der Waals surface area contributed by atoms with E-state index in [4.69, 9.17) is 4.74 Å². The minimum Gasteiger partial charge on any atom is -0.390 e. The summed E-state index contributed by atoms with van der Waals surface area (Å²) in [5, 5.41) is 40.5. The smallest absolute Gasteiger partial charge is 0.145 e. The number of hydrogen-bond donors (Lipinski definition) is 4. The number of rotatable bonds is 7. The van der Waals surface area contributed by atoms with Gasteiger partial charge in [0.05, 0.1) is 23.9 Å². The highest BCUT2D eigenvalue weighted by Crippen LogP contribution is 2.58. The highest BCUT2D eigenvalue weighted by atomic mass is 19.1. The van der Waals surface area contributed by atoms with Gasteiger partial charge in [-0.15, -0.1) is 0 Å². The minimum atomic E-state index is -2.06. The van der Waals surface area contributed by atoms with E-state index in [2.05, 4.69) is 19.9 Å². The quantitative estimate of drug-likeness (QED) is 0.469. The summed E-state index contributed by atoms with van der Waals surface area (Å²) in [6.45, 7) is 7.58. The van der Waals surface area contributed by atoms with Crippen molar-refractivity contribution in [2.75, 3.05) is 13.3 Å². The Morgan fingerprint density at radius 1 is 1.19 bits per heavy atom. The van der Waals surface area contributed by atoms with Gasteiger partial charge >= 0.3 is 0 Å². The lowest BCUT2D eigenvalue weighted by Crippen LogP contribution is -2.57. The average Bonchev–Trinajstić information content (AvgIpc) is 3.06. The summed E-state index contributed by atoms with van der Waals surface area (Å²) in [7, 11) is 0. The zero-order valence-electron chi connectivity index (χ0n) is 20.2. The largest absolute Gasteiger partial charge is 0.390 e. The van der Waals surface area contributed by atoms with E-state index in [9.17, 15) is 24.8 Å². The normalized spacial score (nSPS) is 40.4. The molecule has 0 heterocycles. The molecule has 0 spiro atoms. The van der Waals surface area contributed by atoms with Crippen LogP contribution < -0.4 is 0 Å². The molecule has 0 aromatic heterocycles. The van der Waals surface area contributed by atoms with E-state index in [-0.39, 0.29) is 24.4 Å². The van der Waals surface area contributed by atoms with Crippen molar-refractivity contribution >= 4 is 0 Å².